The monoisotopic (exact) mass is 444 g/mol. The predicted octanol–water partition coefficient (Wildman–Crippen LogP) is 4.44. The van der Waals surface area contributed by atoms with Crippen molar-refractivity contribution in [3.05, 3.63) is 78.1 Å². The van der Waals surface area contributed by atoms with E-state index < -0.39 is 0 Å². The molecule has 5 aromatic rings. The summed E-state index contributed by atoms with van der Waals surface area (Å²) in [6, 6.07) is 21.1. The van der Waals surface area contributed by atoms with Crippen LogP contribution in [0.4, 0.5) is 5.69 Å². The molecule has 1 amide bonds. The van der Waals surface area contributed by atoms with Gasteiger partial charge >= 0.3 is 0 Å². The third-order valence-corrected chi connectivity index (χ3v) is 5.93. The van der Waals surface area contributed by atoms with Gasteiger partial charge in [-0.05, 0) is 54.2 Å². The van der Waals surface area contributed by atoms with Crippen LogP contribution in [-0.4, -0.2) is 30.8 Å². The summed E-state index contributed by atoms with van der Waals surface area (Å²) in [5.74, 6) is 0.455. The first-order chi connectivity index (χ1) is 15.1. The summed E-state index contributed by atoms with van der Waals surface area (Å²) >= 11 is 6.83. The van der Waals surface area contributed by atoms with Crippen molar-refractivity contribution in [2.24, 2.45) is 0 Å². The molecule has 9 heteroatoms. The molecule has 0 bridgehead atoms. The highest BCUT2D eigenvalue weighted by atomic mass is 32.1. The van der Waals surface area contributed by atoms with Gasteiger partial charge in [-0.2, -0.15) is 9.61 Å². The number of carbonyl (C=O) groups is 1. The van der Waals surface area contributed by atoms with Crippen molar-refractivity contribution in [1.29, 1.82) is 0 Å². The Labute approximate surface area is 186 Å². The lowest BCUT2D eigenvalue weighted by atomic mass is 10.1. The SMILES string of the molecule is Cc1nnc2sc(-c3ccccc3NC(=S)NC(=O)c3ccc4ccccc4c3)nn12. The Morgan fingerprint density at radius 3 is 2.61 bits per heavy atom. The van der Waals surface area contributed by atoms with Crippen molar-refractivity contribution in [2.45, 2.75) is 6.92 Å². The van der Waals surface area contributed by atoms with Crippen LogP contribution in [0.25, 0.3) is 26.3 Å². The van der Waals surface area contributed by atoms with Gasteiger partial charge in [0, 0.05) is 11.1 Å². The molecule has 0 saturated carbocycles. The van der Waals surface area contributed by atoms with E-state index in [1.165, 1.54) is 11.3 Å². The van der Waals surface area contributed by atoms with Crippen molar-refractivity contribution in [2.75, 3.05) is 5.32 Å². The highest BCUT2D eigenvalue weighted by molar-refractivity contribution is 7.80. The molecule has 0 aliphatic rings. The minimum absolute atomic E-state index is 0.213. The number of fused-ring (bicyclic) bond motifs is 2. The summed E-state index contributed by atoms with van der Waals surface area (Å²) in [5.41, 5.74) is 2.15. The van der Waals surface area contributed by atoms with E-state index in [-0.39, 0.29) is 11.0 Å². The lowest BCUT2D eigenvalue weighted by Crippen LogP contribution is -2.34. The lowest BCUT2D eigenvalue weighted by molar-refractivity contribution is 0.0978. The van der Waals surface area contributed by atoms with E-state index in [1.807, 2.05) is 67.6 Å². The second-order valence-corrected chi connectivity index (χ2v) is 8.23. The molecule has 2 aromatic heterocycles. The first-order valence-corrected chi connectivity index (χ1v) is 10.7. The van der Waals surface area contributed by atoms with E-state index in [4.69, 9.17) is 12.2 Å². The van der Waals surface area contributed by atoms with Gasteiger partial charge < -0.3 is 5.32 Å². The molecule has 31 heavy (non-hydrogen) atoms. The first-order valence-electron chi connectivity index (χ1n) is 9.48. The minimum Gasteiger partial charge on any atom is -0.332 e. The van der Waals surface area contributed by atoms with Crippen LogP contribution in [-0.2, 0) is 0 Å². The van der Waals surface area contributed by atoms with E-state index in [0.717, 1.165) is 37.8 Å². The van der Waals surface area contributed by atoms with E-state index in [1.54, 1.807) is 10.6 Å². The van der Waals surface area contributed by atoms with Gasteiger partial charge in [-0.25, -0.2) is 0 Å². The highest BCUT2D eigenvalue weighted by Gasteiger charge is 2.15. The Balaban J connectivity index is 1.36. The fourth-order valence-corrected chi connectivity index (χ4v) is 4.39. The molecule has 0 saturated heterocycles. The number of nitrogens with zero attached hydrogens (tertiary/aromatic N) is 4. The molecule has 7 nitrogen and oxygen atoms in total. The molecule has 2 heterocycles. The number of aromatic nitrogens is 4. The van der Waals surface area contributed by atoms with Crippen molar-refractivity contribution < 1.29 is 4.79 Å². The van der Waals surface area contributed by atoms with Crippen molar-refractivity contribution in [1.82, 2.24) is 25.1 Å². The zero-order valence-corrected chi connectivity index (χ0v) is 18.0. The van der Waals surface area contributed by atoms with Gasteiger partial charge in [0.1, 0.15) is 5.01 Å². The quantitative estimate of drug-likeness (QED) is 0.400. The van der Waals surface area contributed by atoms with E-state index in [0.29, 0.717) is 5.56 Å². The Morgan fingerprint density at radius 1 is 1.00 bits per heavy atom. The molecule has 0 radical (unpaired) electrons. The minimum atomic E-state index is -0.268. The summed E-state index contributed by atoms with van der Waals surface area (Å²) in [7, 11) is 0. The van der Waals surface area contributed by atoms with Crippen LogP contribution in [0.1, 0.15) is 16.2 Å². The van der Waals surface area contributed by atoms with Gasteiger partial charge in [0.25, 0.3) is 5.91 Å². The maximum absolute atomic E-state index is 12.7. The summed E-state index contributed by atoms with van der Waals surface area (Å²) in [5, 5.41) is 21.7. The molecular weight excluding hydrogens is 428 g/mol. The third kappa shape index (κ3) is 3.76. The Morgan fingerprint density at radius 2 is 1.77 bits per heavy atom. The number of thiocarbonyl (C=S) groups is 1. The van der Waals surface area contributed by atoms with Crippen molar-refractivity contribution in [3.8, 4) is 10.6 Å². The predicted molar refractivity (Wildman–Crippen MR) is 126 cm³/mol. The average Bonchev–Trinajstić information content (AvgIpc) is 3.35. The second kappa shape index (κ2) is 7.86. The van der Waals surface area contributed by atoms with E-state index in [2.05, 4.69) is 25.9 Å². The van der Waals surface area contributed by atoms with Gasteiger partial charge in [-0.1, -0.05) is 53.8 Å². The van der Waals surface area contributed by atoms with Crippen LogP contribution in [0, 0.1) is 6.92 Å². The van der Waals surface area contributed by atoms with Crippen LogP contribution >= 0.6 is 23.6 Å². The summed E-state index contributed by atoms with van der Waals surface area (Å²) in [4.78, 5) is 13.4. The normalized spacial score (nSPS) is 11.0. The van der Waals surface area contributed by atoms with Gasteiger partial charge in [-0.3, -0.25) is 10.1 Å². The first kappa shape index (κ1) is 19.3. The maximum Gasteiger partial charge on any atom is 0.257 e. The fourth-order valence-electron chi connectivity index (χ4n) is 3.26. The summed E-state index contributed by atoms with van der Waals surface area (Å²) < 4.78 is 1.70. The molecule has 0 atom stereocenters. The molecule has 0 aliphatic heterocycles. The average molecular weight is 445 g/mol. The molecule has 0 spiro atoms. The zero-order valence-electron chi connectivity index (χ0n) is 16.4. The smallest absolute Gasteiger partial charge is 0.257 e. The number of carbonyl (C=O) groups excluding carboxylic acids is 1. The molecule has 152 valence electrons. The number of hydrogen-bond acceptors (Lipinski definition) is 6. The number of benzene rings is 3. The number of anilines is 1. The topological polar surface area (TPSA) is 84.2 Å². The molecule has 3 aromatic carbocycles. The highest BCUT2D eigenvalue weighted by Crippen LogP contribution is 2.31. The van der Waals surface area contributed by atoms with Crippen LogP contribution in [0.3, 0.4) is 0 Å². The Hall–Kier alpha value is -3.69. The summed E-state index contributed by atoms with van der Waals surface area (Å²) in [6.45, 7) is 1.85. The van der Waals surface area contributed by atoms with Gasteiger partial charge in [-0.15, -0.1) is 10.2 Å². The molecule has 0 fully saturated rings. The van der Waals surface area contributed by atoms with Crippen LogP contribution in [0.5, 0.6) is 0 Å². The number of amides is 1. The Bertz CT molecular complexity index is 1450. The van der Waals surface area contributed by atoms with Gasteiger partial charge in [0.05, 0.1) is 5.69 Å². The molecular formula is C22H16N6OS2. The number of hydrogen-bond donors (Lipinski definition) is 2. The standard InChI is InChI=1S/C22H16N6OS2/c1-13-25-26-22-28(13)27-20(31-22)17-8-4-5-9-18(17)23-21(30)24-19(29)16-11-10-14-6-2-3-7-15(14)12-16/h2-12H,1H3,(H2,23,24,29,30). The van der Waals surface area contributed by atoms with Gasteiger partial charge in [0.2, 0.25) is 4.96 Å². The van der Waals surface area contributed by atoms with E-state index >= 15 is 0 Å². The van der Waals surface area contributed by atoms with E-state index in [9.17, 15) is 4.79 Å². The number of aryl methyl sites for hydroxylation is 1. The van der Waals surface area contributed by atoms with Crippen molar-refractivity contribution >= 4 is 56.0 Å². The van der Waals surface area contributed by atoms with Crippen LogP contribution in [0.15, 0.2) is 66.7 Å². The largest absolute Gasteiger partial charge is 0.332 e. The molecule has 0 aliphatic carbocycles. The van der Waals surface area contributed by atoms with Gasteiger partial charge in [0.15, 0.2) is 10.9 Å². The lowest BCUT2D eigenvalue weighted by Gasteiger charge is -2.12. The second-order valence-electron chi connectivity index (χ2n) is 6.86. The zero-order chi connectivity index (χ0) is 21.4. The third-order valence-electron chi connectivity index (χ3n) is 4.79. The fraction of sp³-hybridized carbons (Fsp3) is 0.0455. The van der Waals surface area contributed by atoms with Crippen molar-refractivity contribution in [3.63, 3.8) is 0 Å². The molecule has 2 N–H and O–H groups in total. The van der Waals surface area contributed by atoms with Crippen LogP contribution < -0.4 is 10.6 Å². The number of nitrogens with one attached hydrogen (secondary N) is 2. The molecule has 5 rings (SSSR count). The molecule has 0 unspecified atom stereocenters. The number of para-hydroxylation sites is 1. The van der Waals surface area contributed by atoms with Crippen LogP contribution in [0.2, 0.25) is 0 Å². The maximum atomic E-state index is 12.7. The summed E-state index contributed by atoms with van der Waals surface area (Å²) in [6.07, 6.45) is 0. The number of rotatable bonds is 3. The Kier molecular flexibility index (Phi) is 4.89.